The third-order valence-corrected chi connectivity index (χ3v) is 5.69. The summed E-state index contributed by atoms with van der Waals surface area (Å²) in [5.41, 5.74) is 0.896. The highest BCUT2D eigenvalue weighted by molar-refractivity contribution is 7.90. The van der Waals surface area contributed by atoms with Gasteiger partial charge >= 0.3 is 0 Å². The maximum atomic E-state index is 12.4. The molecule has 2 amide bonds. The minimum atomic E-state index is -3.98. The zero-order chi connectivity index (χ0) is 18.7. The lowest BCUT2D eigenvalue weighted by molar-refractivity contribution is -0.121. The van der Waals surface area contributed by atoms with Crippen molar-refractivity contribution in [2.75, 3.05) is 13.2 Å². The van der Waals surface area contributed by atoms with E-state index in [1.807, 2.05) is 19.1 Å². The van der Waals surface area contributed by atoms with Crippen LogP contribution in [0.25, 0.3) is 0 Å². The van der Waals surface area contributed by atoms with E-state index in [0.29, 0.717) is 16.7 Å². The summed E-state index contributed by atoms with van der Waals surface area (Å²) in [6.07, 6.45) is 0. The summed E-state index contributed by atoms with van der Waals surface area (Å²) in [5.74, 6) is -0.558. The summed E-state index contributed by atoms with van der Waals surface area (Å²) < 4.78 is 30.9. The topological polar surface area (TPSA) is 92.8 Å². The van der Waals surface area contributed by atoms with Crippen molar-refractivity contribution in [1.29, 1.82) is 0 Å². The number of sulfonamides is 1. The third kappa shape index (κ3) is 3.41. The molecule has 0 saturated carbocycles. The van der Waals surface area contributed by atoms with Crippen molar-refractivity contribution >= 4 is 21.8 Å². The molecule has 0 aromatic heterocycles. The second kappa shape index (κ2) is 7.17. The Morgan fingerprint density at radius 1 is 1.15 bits per heavy atom. The van der Waals surface area contributed by atoms with Crippen molar-refractivity contribution in [2.24, 2.45) is 0 Å². The molecule has 1 heterocycles. The Morgan fingerprint density at radius 2 is 1.92 bits per heavy atom. The molecule has 1 aliphatic rings. The average molecular weight is 374 g/mol. The molecule has 7 nitrogen and oxygen atoms in total. The number of carbonyl (C=O) groups excluding carboxylic acids is 2. The summed E-state index contributed by atoms with van der Waals surface area (Å²) in [4.78, 5) is 24.4. The fourth-order valence-corrected chi connectivity index (χ4v) is 4.21. The standard InChI is InChI=1S/C18H18N2O5S/c1-2-25-14-7-5-6-13(10-14)11-19-17(21)12-20-18(22)15-8-3-4-9-16(15)26(20,23)24/h3-10H,2,11-12H2,1H3,(H,19,21). The van der Waals surface area contributed by atoms with Gasteiger partial charge in [0.25, 0.3) is 15.9 Å². The number of benzene rings is 2. The summed E-state index contributed by atoms with van der Waals surface area (Å²) >= 11 is 0. The Labute approximate surface area is 151 Å². The number of fused-ring (bicyclic) bond motifs is 1. The fraction of sp³-hybridized carbons (Fsp3) is 0.222. The van der Waals surface area contributed by atoms with Crippen LogP contribution in [0.15, 0.2) is 53.4 Å². The first-order chi connectivity index (χ1) is 12.4. The van der Waals surface area contributed by atoms with Gasteiger partial charge in [-0.1, -0.05) is 24.3 Å². The molecule has 0 saturated heterocycles. The van der Waals surface area contributed by atoms with Gasteiger partial charge in [-0.3, -0.25) is 9.59 Å². The number of ether oxygens (including phenoxy) is 1. The lowest BCUT2D eigenvalue weighted by Gasteiger charge is -2.15. The van der Waals surface area contributed by atoms with Crippen LogP contribution in [0.3, 0.4) is 0 Å². The van der Waals surface area contributed by atoms with Crippen LogP contribution in [0.4, 0.5) is 0 Å². The van der Waals surface area contributed by atoms with Crippen LogP contribution >= 0.6 is 0 Å². The highest BCUT2D eigenvalue weighted by atomic mass is 32.2. The van der Waals surface area contributed by atoms with E-state index >= 15 is 0 Å². The van der Waals surface area contributed by atoms with Crippen molar-refractivity contribution in [2.45, 2.75) is 18.4 Å². The van der Waals surface area contributed by atoms with Gasteiger partial charge in [-0.05, 0) is 36.8 Å². The van der Waals surface area contributed by atoms with E-state index in [9.17, 15) is 18.0 Å². The molecule has 3 rings (SSSR count). The maximum absolute atomic E-state index is 12.4. The van der Waals surface area contributed by atoms with E-state index in [1.165, 1.54) is 12.1 Å². The summed E-state index contributed by atoms with van der Waals surface area (Å²) in [6, 6.07) is 13.1. The molecule has 8 heteroatoms. The number of hydrogen-bond acceptors (Lipinski definition) is 5. The van der Waals surface area contributed by atoms with E-state index < -0.39 is 28.4 Å². The van der Waals surface area contributed by atoms with Crippen molar-refractivity contribution in [3.8, 4) is 5.75 Å². The highest BCUT2D eigenvalue weighted by Gasteiger charge is 2.41. The summed E-state index contributed by atoms with van der Waals surface area (Å²) in [6.45, 7) is 2.06. The minimum absolute atomic E-state index is 0.0674. The van der Waals surface area contributed by atoms with Crippen LogP contribution in [-0.2, 0) is 21.4 Å². The second-order valence-corrected chi connectivity index (χ2v) is 7.50. The maximum Gasteiger partial charge on any atom is 0.269 e. The predicted octanol–water partition coefficient (Wildman–Crippen LogP) is 1.55. The monoisotopic (exact) mass is 374 g/mol. The fourth-order valence-electron chi connectivity index (χ4n) is 2.69. The largest absolute Gasteiger partial charge is 0.494 e. The highest BCUT2D eigenvalue weighted by Crippen LogP contribution is 2.29. The SMILES string of the molecule is CCOc1cccc(CNC(=O)CN2C(=O)c3ccccc3S2(=O)=O)c1. The molecule has 1 aliphatic heterocycles. The second-order valence-electron chi connectivity index (χ2n) is 5.67. The molecule has 1 N–H and O–H groups in total. The summed E-state index contributed by atoms with van der Waals surface area (Å²) in [5, 5.41) is 2.63. The first kappa shape index (κ1) is 17.9. The van der Waals surface area contributed by atoms with E-state index in [2.05, 4.69) is 5.32 Å². The molecule has 0 unspecified atom stereocenters. The lowest BCUT2D eigenvalue weighted by atomic mass is 10.2. The molecule has 0 bridgehead atoms. The van der Waals surface area contributed by atoms with Crippen LogP contribution in [0.1, 0.15) is 22.8 Å². The molecule has 0 spiro atoms. The number of hydrogen-bond donors (Lipinski definition) is 1. The molecule has 0 fully saturated rings. The zero-order valence-electron chi connectivity index (χ0n) is 14.1. The normalized spacial score (nSPS) is 14.8. The van der Waals surface area contributed by atoms with Gasteiger partial charge in [-0.25, -0.2) is 12.7 Å². The molecule has 26 heavy (non-hydrogen) atoms. The zero-order valence-corrected chi connectivity index (χ0v) is 15.0. The van der Waals surface area contributed by atoms with E-state index in [0.717, 1.165) is 5.56 Å². The third-order valence-electron chi connectivity index (χ3n) is 3.90. The van der Waals surface area contributed by atoms with Gasteiger partial charge in [0.2, 0.25) is 5.91 Å². The Kier molecular flexibility index (Phi) is 4.94. The van der Waals surface area contributed by atoms with Crippen molar-refractivity contribution in [3.63, 3.8) is 0 Å². The molecule has 136 valence electrons. The van der Waals surface area contributed by atoms with Gasteiger partial charge < -0.3 is 10.1 Å². The Bertz CT molecular complexity index is 956. The van der Waals surface area contributed by atoms with Gasteiger partial charge in [-0.15, -0.1) is 0 Å². The van der Waals surface area contributed by atoms with Gasteiger partial charge in [0, 0.05) is 6.54 Å². The van der Waals surface area contributed by atoms with Gasteiger partial charge in [0.1, 0.15) is 17.2 Å². The van der Waals surface area contributed by atoms with E-state index in [4.69, 9.17) is 4.74 Å². The molecule has 2 aromatic rings. The smallest absolute Gasteiger partial charge is 0.269 e. The lowest BCUT2D eigenvalue weighted by Crippen LogP contribution is -2.40. The van der Waals surface area contributed by atoms with Crippen molar-refractivity contribution < 1.29 is 22.7 Å². The number of nitrogens with one attached hydrogen (secondary N) is 1. The molecule has 0 aliphatic carbocycles. The van der Waals surface area contributed by atoms with Crippen LogP contribution in [-0.4, -0.2) is 37.7 Å². The summed E-state index contributed by atoms with van der Waals surface area (Å²) in [7, 11) is -3.98. The van der Waals surface area contributed by atoms with Crippen LogP contribution < -0.4 is 10.1 Å². The number of amides is 2. The number of carbonyl (C=O) groups is 2. The first-order valence-corrected chi connectivity index (χ1v) is 9.52. The predicted molar refractivity (Wildman–Crippen MR) is 94.1 cm³/mol. The quantitative estimate of drug-likeness (QED) is 0.828. The Balaban J connectivity index is 1.66. The molecule has 0 atom stereocenters. The van der Waals surface area contributed by atoms with Gasteiger partial charge in [0.05, 0.1) is 12.2 Å². The van der Waals surface area contributed by atoms with Crippen LogP contribution in [0.5, 0.6) is 5.75 Å². The number of nitrogens with zero attached hydrogens (tertiary/aromatic N) is 1. The Hall–Kier alpha value is -2.87. The van der Waals surface area contributed by atoms with Gasteiger partial charge in [0.15, 0.2) is 0 Å². The minimum Gasteiger partial charge on any atom is -0.494 e. The van der Waals surface area contributed by atoms with Gasteiger partial charge in [-0.2, -0.15) is 0 Å². The average Bonchev–Trinajstić information content (AvgIpc) is 2.82. The van der Waals surface area contributed by atoms with E-state index in [-0.39, 0.29) is 17.0 Å². The van der Waals surface area contributed by atoms with E-state index in [1.54, 1.807) is 24.3 Å². The Morgan fingerprint density at radius 3 is 2.65 bits per heavy atom. The molecular weight excluding hydrogens is 356 g/mol. The molecule has 0 radical (unpaired) electrons. The molecule has 2 aromatic carbocycles. The first-order valence-electron chi connectivity index (χ1n) is 8.08. The van der Waals surface area contributed by atoms with Crippen molar-refractivity contribution in [3.05, 3.63) is 59.7 Å². The van der Waals surface area contributed by atoms with Crippen LogP contribution in [0, 0.1) is 0 Å². The van der Waals surface area contributed by atoms with Crippen molar-refractivity contribution in [1.82, 2.24) is 9.62 Å². The number of rotatable bonds is 6. The van der Waals surface area contributed by atoms with Crippen LogP contribution in [0.2, 0.25) is 0 Å². The molecular formula is C18H18N2O5S.